The standard InChI is InChI=1S/C12H18BrNO2S/c1-9(14-3)8-10(2)17(15,16)12-7-5-4-6-11(12)13/h4-7,9-10,14H,8H2,1-3H3. The first-order valence-electron chi connectivity index (χ1n) is 5.55. The molecule has 1 aromatic rings. The normalized spacial score (nSPS) is 15.5. The number of nitrogens with one attached hydrogen (secondary N) is 1. The minimum Gasteiger partial charge on any atom is -0.317 e. The summed E-state index contributed by atoms with van der Waals surface area (Å²) in [4.78, 5) is 0.371. The molecule has 0 aromatic heterocycles. The molecule has 0 bridgehead atoms. The van der Waals surface area contributed by atoms with Gasteiger partial charge in [-0.2, -0.15) is 0 Å². The molecule has 1 N–H and O–H groups in total. The van der Waals surface area contributed by atoms with E-state index in [9.17, 15) is 8.42 Å². The Kier molecular flexibility index (Phi) is 5.16. The Morgan fingerprint density at radius 3 is 2.41 bits per heavy atom. The molecule has 0 radical (unpaired) electrons. The highest BCUT2D eigenvalue weighted by molar-refractivity contribution is 9.10. The third kappa shape index (κ3) is 3.53. The fourth-order valence-electron chi connectivity index (χ4n) is 1.63. The summed E-state index contributed by atoms with van der Waals surface area (Å²) in [6, 6.07) is 7.12. The van der Waals surface area contributed by atoms with Crippen LogP contribution in [0.2, 0.25) is 0 Å². The fourth-order valence-corrected chi connectivity index (χ4v) is 4.18. The van der Waals surface area contributed by atoms with E-state index in [4.69, 9.17) is 0 Å². The molecule has 1 rings (SSSR count). The number of hydrogen-bond donors (Lipinski definition) is 1. The number of sulfone groups is 1. The summed E-state index contributed by atoms with van der Waals surface area (Å²) in [6.07, 6.45) is 0.597. The molecule has 0 fully saturated rings. The maximum Gasteiger partial charge on any atom is 0.182 e. The van der Waals surface area contributed by atoms with E-state index in [1.807, 2.05) is 20.0 Å². The van der Waals surface area contributed by atoms with Crippen molar-refractivity contribution < 1.29 is 8.42 Å². The zero-order chi connectivity index (χ0) is 13.1. The van der Waals surface area contributed by atoms with Gasteiger partial charge in [0.1, 0.15) is 0 Å². The quantitative estimate of drug-likeness (QED) is 0.907. The summed E-state index contributed by atoms with van der Waals surface area (Å²) in [5.41, 5.74) is 0. The number of halogens is 1. The second kappa shape index (κ2) is 5.98. The average molecular weight is 320 g/mol. The molecule has 0 spiro atoms. The van der Waals surface area contributed by atoms with Crippen LogP contribution in [0.25, 0.3) is 0 Å². The lowest BCUT2D eigenvalue weighted by molar-refractivity contribution is 0.530. The zero-order valence-corrected chi connectivity index (χ0v) is 12.7. The highest BCUT2D eigenvalue weighted by Crippen LogP contribution is 2.26. The minimum absolute atomic E-state index is 0.183. The predicted octanol–water partition coefficient (Wildman–Crippen LogP) is 2.61. The van der Waals surface area contributed by atoms with Crippen molar-refractivity contribution in [2.75, 3.05) is 7.05 Å². The van der Waals surface area contributed by atoms with Crippen molar-refractivity contribution in [1.82, 2.24) is 5.32 Å². The van der Waals surface area contributed by atoms with Crippen molar-refractivity contribution in [3.8, 4) is 0 Å². The van der Waals surface area contributed by atoms with Crippen LogP contribution in [0.3, 0.4) is 0 Å². The van der Waals surface area contributed by atoms with Crippen LogP contribution >= 0.6 is 15.9 Å². The largest absolute Gasteiger partial charge is 0.317 e. The zero-order valence-electron chi connectivity index (χ0n) is 10.3. The van der Waals surface area contributed by atoms with Crippen LogP contribution in [-0.4, -0.2) is 26.8 Å². The molecule has 0 saturated heterocycles. The molecule has 0 heterocycles. The molecule has 0 aliphatic rings. The summed E-state index contributed by atoms with van der Waals surface area (Å²) >= 11 is 3.29. The molecule has 17 heavy (non-hydrogen) atoms. The first-order valence-corrected chi connectivity index (χ1v) is 7.89. The van der Waals surface area contributed by atoms with E-state index in [1.165, 1.54) is 0 Å². The number of benzene rings is 1. The lowest BCUT2D eigenvalue weighted by atomic mass is 10.2. The highest BCUT2D eigenvalue weighted by atomic mass is 79.9. The molecule has 0 aliphatic carbocycles. The second-order valence-corrected chi connectivity index (χ2v) is 7.40. The Labute approximate surface area is 112 Å². The molecule has 0 aliphatic heterocycles. The topological polar surface area (TPSA) is 46.2 Å². The molecule has 2 atom stereocenters. The van der Waals surface area contributed by atoms with Crippen molar-refractivity contribution in [2.45, 2.75) is 36.5 Å². The fraction of sp³-hybridized carbons (Fsp3) is 0.500. The first kappa shape index (κ1) is 14.7. The van der Waals surface area contributed by atoms with Crippen molar-refractivity contribution in [3.63, 3.8) is 0 Å². The number of hydrogen-bond acceptors (Lipinski definition) is 3. The lowest BCUT2D eigenvalue weighted by Gasteiger charge is -2.18. The van der Waals surface area contributed by atoms with Gasteiger partial charge in [0.15, 0.2) is 9.84 Å². The van der Waals surface area contributed by atoms with Gasteiger partial charge in [-0.15, -0.1) is 0 Å². The van der Waals surface area contributed by atoms with Gasteiger partial charge in [-0.3, -0.25) is 0 Å². The second-order valence-electron chi connectivity index (χ2n) is 4.21. The predicted molar refractivity (Wildman–Crippen MR) is 73.9 cm³/mol. The van der Waals surface area contributed by atoms with Gasteiger partial charge in [0.2, 0.25) is 0 Å². The van der Waals surface area contributed by atoms with Gasteiger partial charge in [0.25, 0.3) is 0 Å². The van der Waals surface area contributed by atoms with Gasteiger partial charge in [-0.25, -0.2) is 8.42 Å². The van der Waals surface area contributed by atoms with Crippen LogP contribution in [0.1, 0.15) is 20.3 Å². The Morgan fingerprint density at radius 2 is 1.88 bits per heavy atom. The first-order chi connectivity index (χ1) is 7.89. The summed E-state index contributed by atoms with van der Waals surface area (Å²) in [7, 11) is -1.43. The third-order valence-electron chi connectivity index (χ3n) is 2.85. The average Bonchev–Trinajstić information content (AvgIpc) is 2.29. The SMILES string of the molecule is CNC(C)CC(C)S(=O)(=O)c1ccccc1Br. The van der Waals surface area contributed by atoms with Crippen molar-refractivity contribution in [1.29, 1.82) is 0 Å². The summed E-state index contributed by atoms with van der Waals surface area (Å²) in [5, 5.41) is 2.66. The van der Waals surface area contributed by atoms with Crippen LogP contribution in [0.15, 0.2) is 33.6 Å². The van der Waals surface area contributed by atoms with Crippen LogP contribution in [0.4, 0.5) is 0 Å². The summed E-state index contributed by atoms with van der Waals surface area (Å²) < 4.78 is 25.3. The van der Waals surface area contributed by atoms with Crippen LogP contribution in [-0.2, 0) is 9.84 Å². The van der Waals surface area contributed by atoms with Crippen molar-refractivity contribution in [3.05, 3.63) is 28.7 Å². The van der Waals surface area contributed by atoms with Crippen LogP contribution in [0, 0.1) is 0 Å². The Bertz CT molecular complexity index is 473. The minimum atomic E-state index is -3.26. The molecule has 96 valence electrons. The molecule has 1 aromatic carbocycles. The molecular weight excluding hydrogens is 302 g/mol. The van der Waals surface area contributed by atoms with E-state index < -0.39 is 15.1 Å². The van der Waals surface area contributed by atoms with Gasteiger partial charge >= 0.3 is 0 Å². The monoisotopic (exact) mass is 319 g/mol. The van der Waals surface area contributed by atoms with Crippen LogP contribution in [0.5, 0.6) is 0 Å². The van der Waals surface area contributed by atoms with Gasteiger partial charge in [-0.1, -0.05) is 12.1 Å². The summed E-state index contributed by atoms with van der Waals surface area (Å²) in [6.45, 7) is 3.73. The molecule has 5 heteroatoms. The van der Waals surface area contributed by atoms with E-state index in [0.29, 0.717) is 15.8 Å². The third-order valence-corrected chi connectivity index (χ3v) is 6.03. The van der Waals surface area contributed by atoms with E-state index >= 15 is 0 Å². The molecule has 0 saturated carbocycles. The molecule has 2 unspecified atom stereocenters. The van der Waals surface area contributed by atoms with Gasteiger partial charge < -0.3 is 5.32 Å². The highest BCUT2D eigenvalue weighted by Gasteiger charge is 2.26. The Balaban J connectivity index is 3.00. The Morgan fingerprint density at radius 1 is 1.29 bits per heavy atom. The summed E-state index contributed by atoms with van der Waals surface area (Å²) in [5.74, 6) is 0. The van der Waals surface area contributed by atoms with E-state index in [0.717, 1.165) is 0 Å². The number of rotatable bonds is 5. The maximum atomic E-state index is 12.3. The molecular formula is C12H18BrNO2S. The smallest absolute Gasteiger partial charge is 0.182 e. The maximum absolute atomic E-state index is 12.3. The van der Waals surface area contributed by atoms with E-state index in [2.05, 4.69) is 21.2 Å². The Hall–Kier alpha value is -0.390. The molecule has 3 nitrogen and oxygen atoms in total. The van der Waals surface area contributed by atoms with E-state index in [1.54, 1.807) is 25.1 Å². The van der Waals surface area contributed by atoms with Crippen molar-refractivity contribution in [2.24, 2.45) is 0 Å². The van der Waals surface area contributed by atoms with Gasteiger partial charge in [-0.05, 0) is 55.4 Å². The lowest BCUT2D eigenvalue weighted by Crippen LogP contribution is -2.29. The van der Waals surface area contributed by atoms with Crippen molar-refractivity contribution >= 4 is 25.8 Å². The van der Waals surface area contributed by atoms with E-state index in [-0.39, 0.29) is 6.04 Å². The van der Waals surface area contributed by atoms with Gasteiger partial charge in [0.05, 0.1) is 10.1 Å². The van der Waals surface area contributed by atoms with Crippen LogP contribution < -0.4 is 5.32 Å². The molecule has 0 amide bonds. The van der Waals surface area contributed by atoms with Gasteiger partial charge in [0, 0.05) is 10.5 Å².